The highest BCUT2D eigenvalue weighted by atomic mass is 35.5. The number of esters is 1. The van der Waals surface area contributed by atoms with E-state index in [9.17, 15) is 13.6 Å². The second-order valence-corrected chi connectivity index (χ2v) is 6.07. The van der Waals surface area contributed by atoms with E-state index < -0.39 is 23.7 Å². The summed E-state index contributed by atoms with van der Waals surface area (Å²) in [6.45, 7) is 1.51. The van der Waals surface area contributed by atoms with Crippen LogP contribution in [-0.2, 0) is 4.74 Å². The molecule has 9 heteroatoms. The van der Waals surface area contributed by atoms with Gasteiger partial charge in [0.2, 0.25) is 0 Å². The Morgan fingerprint density at radius 1 is 1.33 bits per heavy atom. The second kappa shape index (κ2) is 6.66. The lowest BCUT2D eigenvalue weighted by Crippen LogP contribution is -2.11. The SMILES string of the molecule is C[C@H](OC(=O)c1cc(F)c(F)cc1Cl)c1nnc(-c2cccs2)o1. The molecule has 3 aromatic rings. The van der Waals surface area contributed by atoms with Crippen molar-refractivity contribution in [3.05, 3.63) is 57.8 Å². The van der Waals surface area contributed by atoms with Gasteiger partial charge in [0.15, 0.2) is 17.7 Å². The Bertz CT molecular complexity index is 883. The van der Waals surface area contributed by atoms with Crippen molar-refractivity contribution in [1.82, 2.24) is 10.2 Å². The average molecular weight is 371 g/mol. The predicted octanol–water partition coefficient (Wildman–Crippen LogP) is 4.65. The first-order valence-electron chi connectivity index (χ1n) is 6.68. The van der Waals surface area contributed by atoms with Crippen molar-refractivity contribution in [2.45, 2.75) is 13.0 Å². The number of rotatable bonds is 4. The molecule has 0 saturated carbocycles. The van der Waals surface area contributed by atoms with Crippen LogP contribution in [0.5, 0.6) is 0 Å². The van der Waals surface area contributed by atoms with Crippen molar-refractivity contribution in [2.24, 2.45) is 0 Å². The van der Waals surface area contributed by atoms with E-state index in [0.717, 1.165) is 4.88 Å². The number of aromatic nitrogens is 2. The molecule has 0 bridgehead atoms. The fourth-order valence-electron chi connectivity index (χ4n) is 1.85. The molecule has 5 nitrogen and oxygen atoms in total. The molecule has 3 rings (SSSR count). The maximum absolute atomic E-state index is 13.3. The van der Waals surface area contributed by atoms with Crippen molar-refractivity contribution in [3.63, 3.8) is 0 Å². The average Bonchev–Trinajstić information content (AvgIpc) is 3.20. The highest BCUT2D eigenvalue weighted by Gasteiger charge is 2.23. The highest BCUT2D eigenvalue weighted by molar-refractivity contribution is 7.13. The van der Waals surface area contributed by atoms with E-state index in [4.69, 9.17) is 20.8 Å². The van der Waals surface area contributed by atoms with Gasteiger partial charge in [-0.05, 0) is 30.5 Å². The van der Waals surface area contributed by atoms with E-state index >= 15 is 0 Å². The van der Waals surface area contributed by atoms with Gasteiger partial charge in [-0.2, -0.15) is 0 Å². The van der Waals surface area contributed by atoms with Crippen LogP contribution in [0.15, 0.2) is 34.1 Å². The Labute approximate surface area is 143 Å². The molecular weight excluding hydrogens is 362 g/mol. The molecule has 0 radical (unpaired) electrons. The molecule has 0 N–H and O–H groups in total. The number of thiophene rings is 1. The van der Waals surface area contributed by atoms with Gasteiger partial charge >= 0.3 is 5.97 Å². The monoisotopic (exact) mass is 370 g/mol. The van der Waals surface area contributed by atoms with Gasteiger partial charge in [0.05, 0.1) is 15.5 Å². The Hall–Kier alpha value is -2.32. The maximum Gasteiger partial charge on any atom is 0.340 e. The zero-order valence-electron chi connectivity index (χ0n) is 12.1. The number of halogens is 3. The first-order valence-corrected chi connectivity index (χ1v) is 7.94. The Morgan fingerprint density at radius 2 is 2.08 bits per heavy atom. The van der Waals surface area contributed by atoms with Crippen LogP contribution in [0.4, 0.5) is 8.78 Å². The summed E-state index contributed by atoms with van der Waals surface area (Å²) in [4.78, 5) is 12.8. The van der Waals surface area contributed by atoms with Crippen LogP contribution >= 0.6 is 22.9 Å². The summed E-state index contributed by atoms with van der Waals surface area (Å²) in [6, 6.07) is 5.02. The summed E-state index contributed by atoms with van der Waals surface area (Å²) in [5.41, 5.74) is -0.291. The summed E-state index contributed by atoms with van der Waals surface area (Å²) in [5, 5.41) is 9.29. The van der Waals surface area contributed by atoms with Gasteiger partial charge in [0.1, 0.15) is 0 Å². The number of ether oxygens (including phenoxy) is 1. The fourth-order valence-corrected chi connectivity index (χ4v) is 2.72. The third-order valence-corrected chi connectivity index (χ3v) is 4.20. The van der Waals surface area contributed by atoms with Crippen molar-refractivity contribution >= 4 is 28.9 Å². The number of hydrogen-bond acceptors (Lipinski definition) is 6. The van der Waals surface area contributed by atoms with Crippen molar-refractivity contribution < 1.29 is 22.7 Å². The van der Waals surface area contributed by atoms with Crippen LogP contribution in [0.25, 0.3) is 10.8 Å². The molecule has 2 aromatic heterocycles. The van der Waals surface area contributed by atoms with Crippen LogP contribution in [0.1, 0.15) is 29.3 Å². The van der Waals surface area contributed by atoms with Crippen molar-refractivity contribution in [3.8, 4) is 10.8 Å². The van der Waals surface area contributed by atoms with Gasteiger partial charge in [0, 0.05) is 0 Å². The molecule has 0 fully saturated rings. The topological polar surface area (TPSA) is 65.2 Å². The number of carbonyl (C=O) groups is 1. The lowest BCUT2D eigenvalue weighted by molar-refractivity contribution is 0.0279. The molecule has 1 atom stereocenters. The zero-order chi connectivity index (χ0) is 17.3. The van der Waals surface area contributed by atoms with Crippen LogP contribution in [0, 0.1) is 11.6 Å². The van der Waals surface area contributed by atoms with Gasteiger partial charge in [-0.15, -0.1) is 21.5 Å². The molecule has 0 spiro atoms. The first kappa shape index (κ1) is 16.5. The highest BCUT2D eigenvalue weighted by Crippen LogP contribution is 2.27. The number of nitrogens with zero attached hydrogens (tertiary/aromatic N) is 2. The minimum atomic E-state index is -1.20. The summed E-state index contributed by atoms with van der Waals surface area (Å²) in [7, 11) is 0. The summed E-state index contributed by atoms with van der Waals surface area (Å²) >= 11 is 7.16. The molecular formula is C15H9ClF2N2O3S. The third-order valence-electron chi connectivity index (χ3n) is 3.03. The lowest BCUT2D eigenvalue weighted by atomic mass is 10.2. The third kappa shape index (κ3) is 3.29. The molecule has 0 amide bonds. The van der Waals surface area contributed by atoms with Crippen LogP contribution in [-0.4, -0.2) is 16.2 Å². The second-order valence-electron chi connectivity index (χ2n) is 4.72. The number of hydrogen-bond donors (Lipinski definition) is 0. The molecule has 0 aliphatic rings. The number of carbonyl (C=O) groups excluding carboxylic acids is 1. The van der Waals surface area contributed by atoms with Crippen molar-refractivity contribution in [1.29, 1.82) is 0 Å². The quantitative estimate of drug-likeness (QED) is 0.494. The minimum absolute atomic E-state index is 0.0745. The molecule has 124 valence electrons. The lowest BCUT2D eigenvalue weighted by Gasteiger charge is -2.10. The number of benzene rings is 1. The Balaban J connectivity index is 1.76. The fraction of sp³-hybridized carbons (Fsp3) is 0.133. The standard InChI is InChI=1S/C15H9ClF2N2O3S/c1-7(13-19-20-14(23-13)12-3-2-4-24-12)22-15(21)8-5-10(17)11(18)6-9(8)16/h2-7H,1H3/t7-/m0/s1. The van der Waals surface area contributed by atoms with E-state index in [-0.39, 0.29) is 16.5 Å². The largest absolute Gasteiger partial charge is 0.449 e. The van der Waals surface area contributed by atoms with Crippen LogP contribution < -0.4 is 0 Å². The van der Waals surface area contributed by atoms with Gasteiger partial charge < -0.3 is 9.15 Å². The molecule has 0 saturated heterocycles. The smallest absolute Gasteiger partial charge is 0.340 e. The van der Waals surface area contributed by atoms with Gasteiger partial charge in [-0.25, -0.2) is 13.6 Å². The molecule has 0 aliphatic carbocycles. The minimum Gasteiger partial charge on any atom is -0.449 e. The van der Waals surface area contributed by atoms with E-state index in [2.05, 4.69) is 10.2 Å². The molecule has 1 aromatic carbocycles. The zero-order valence-corrected chi connectivity index (χ0v) is 13.7. The van der Waals surface area contributed by atoms with Gasteiger partial charge in [-0.3, -0.25) is 0 Å². The molecule has 24 heavy (non-hydrogen) atoms. The molecule has 0 unspecified atom stereocenters. The Kier molecular flexibility index (Phi) is 4.59. The predicted molar refractivity (Wildman–Crippen MR) is 82.8 cm³/mol. The van der Waals surface area contributed by atoms with E-state index in [1.165, 1.54) is 18.3 Å². The van der Waals surface area contributed by atoms with Crippen LogP contribution in [0.3, 0.4) is 0 Å². The van der Waals surface area contributed by atoms with Crippen molar-refractivity contribution in [2.75, 3.05) is 0 Å². The maximum atomic E-state index is 13.3. The summed E-state index contributed by atoms with van der Waals surface area (Å²) < 4.78 is 36.9. The van der Waals surface area contributed by atoms with Gasteiger partial charge in [0.25, 0.3) is 11.8 Å². The first-order chi connectivity index (χ1) is 11.5. The summed E-state index contributed by atoms with van der Waals surface area (Å²) in [6.07, 6.45) is -0.886. The van der Waals surface area contributed by atoms with Crippen LogP contribution in [0.2, 0.25) is 5.02 Å². The molecule has 0 aliphatic heterocycles. The van der Waals surface area contributed by atoms with E-state index in [0.29, 0.717) is 18.0 Å². The molecule has 2 heterocycles. The van der Waals surface area contributed by atoms with E-state index in [1.807, 2.05) is 11.4 Å². The van der Waals surface area contributed by atoms with E-state index in [1.54, 1.807) is 6.07 Å². The Morgan fingerprint density at radius 3 is 2.79 bits per heavy atom. The summed E-state index contributed by atoms with van der Waals surface area (Å²) in [5.74, 6) is -2.90. The normalized spacial score (nSPS) is 12.2. The van der Waals surface area contributed by atoms with Gasteiger partial charge in [-0.1, -0.05) is 17.7 Å².